The minimum absolute atomic E-state index is 0.0150. The van der Waals surface area contributed by atoms with Crippen molar-refractivity contribution in [3.05, 3.63) is 28.5 Å². The first-order chi connectivity index (χ1) is 10.1. The van der Waals surface area contributed by atoms with Gasteiger partial charge in [-0.3, -0.25) is 9.59 Å². The molecule has 1 aliphatic rings. The molecule has 0 unspecified atom stereocenters. The fourth-order valence-corrected chi connectivity index (χ4v) is 2.57. The van der Waals surface area contributed by atoms with Crippen LogP contribution in [0.1, 0.15) is 29.8 Å². The molecule has 0 atom stereocenters. The summed E-state index contributed by atoms with van der Waals surface area (Å²) >= 11 is 3.25. The number of hydrogen-bond donors (Lipinski definition) is 1. The van der Waals surface area contributed by atoms with Crippen LogP contribution in [0.2, 0.25) is 0 Å². The number of carboxylic acids is 1. The van der Waals surface area contributed by atoms with Gasteiger partial charge in [-0.25, -0.2) is 4.98 Å². The zero-order chi connectivity index (χ0) is 15.2. The molecular formula is C14H17BrN2O4. The first kappa shape index (κ1) is 15.9. The van der Waals surface area contributed by atoms with Crippen molar-refractivity contribution in [2.75, 3.05) is 19.7 Å². The Morgan fingerprint density at radius 1 is 1.38 bits per heavy atom. The molecule has 1 saturated heterocycles. The number of piperidine rings is 1. The molecule has 0 aromatic carbocycles. The van der Waals surface area contributed by atoms with Crippen molar-refractivity contribution in [3.8, 4) is 0 Å². The van der Waals surface area contributed by atoms with Crippen LogP contribution < -0.4 is 0 Å². The fourth-order valence-electron chi connectivity index (χ4n) is 2.23. The van der Waals surface area contributed by atoms with Gasteiger partial charge in [-0.15, -0.1) is 0 Å². The van der Waals surface area contributed by atoms with Crippen LogP contribution in [0.15, 0.2) is 22.8 Å². The highest BCUT2D eigenvalue weighted by Crippen LogP contribution is 2.17. The van der Waals surface area contributed by atoms with E-state index in [1.165, 1.54) is 0 Å². The normalized spacial score (nSPS) is 16.0. The lowest BCUT2D eigenvalue weighted by molar-refractivity contribution is -0.138. The number of aromatic nitrogens is 1. The van der Waals surface area contributed by atoms with E-state index < -0.39 is 5.97 Å². The van der Waals surface area contributed by atoms with Crippen LogP contribution in [-0.4, -0.2) is 52.7 Å². The molecule has 1 aromatic rings. The van der Waals surface area contributed by atoms with Crippen molar-refractivity contribution >= 4 is 27.8 Å². The van der Waals surface area contributed by atoms with Gasteiger partial charge in [0.15, 0.2) is 0 Å². The number of likely N-dealkylation sites (tertiary alicyclic amines) is 1. The van der Waals surface area contributed by atoms with Crippen molar-refractivity contribution < 1.29 is 19.4 Å². The molecule has 2 heterocycles. The maximum Gasteiger partial charge on any atom is 0.305 e. The van der Waals surface area contributed by atoms with Gasteiger partial charge in [0.2, 0.25) is 0 Å². The topological polar surface area (TPSA) is 79.7 Å². The van der Waals surface area contributed by atoms with Gasteiger partial charge in [-0.2, -0.15) is 0 Å². The van der Waals surface area contributed by atoms with E-state index in [2.05, 4.69) is 20.9 Å². The summed E-state index contributed by atoms with van der Waals surface area (Å²) in [6.45, 7) is 1.43. The van der Waals surface area contributed by atoms with E-state index in [0.29, 0.717) is 23.4 Å². The first-order valence-electron chi connectivity index (χ1n) is 6.81. The van der Waals surface area contributed by atoms with E-state index in [4.69, 9.17) is 9.84 Å². The third kappa shape index (κ3) is 4.78. The van der Waals surface area contributed by atoms with Gasteiger partial charge in [0.05, 0.1) is 19.1 Å². The molecule has 0 radical (unpaired) electrons. The number of carboxylic acid groups (broad SMARTS) is 1. The molecule has 0 saturated carbocycles. The van der Waals surface area contributed by atoms with Crippen LogP contribution in [0, 0.1) is 0 Å². The molecule has 1 aromatic heterocycles. The largest absolute Gasteiger partial charge is 0.481 e. The Kier molecular flexibility index (Phi) is 5.69. The summed E-state index contributed by atoms with van der Waals surface area (Å²) in [5, 5.41) is 8.56. The van der Waals surface area contributed by atoms with Crippen molar-refractivity contribution in [2.24, 2.45) is 0 Å². The van der Waals surface area contributed by atoms with Crippen LogP contribution in [-0.2, 0) is 9.53 Å². The van der Waals surface area contributed by atoms with Gasteiger partial charge in [-0.1, -0.05) is 6.07 Å². The highest BCUT2D eigenvalue weighted by Gasteiger charge is 2.24. The molecule has 6 nitrogen and oxygen atoms in total. The molecular weight excluding hydrogens is 340 g/mol. The number of nitrogens with zero attached hydrogens (tertiary/aromatic N) is 2. The van der Waals surface area contributed by atoms with Crippen molar-refractivity contribution in [2.45, 2.75) is 25.4 Å². The number of ether oxygens (including phenoxy) is 1. The summed E-state index contributed by atoms with van der Waals surface area (Å²) in [6.07, 6.45) is 1.49. The summed E-state index contributed by atoms with van der Waals surface area (Å²) in [4.78, 5) is 28.6. The molecule has 0 bridgehead atoms. The molecule has 2 rings (SSSR count). The lowest BCUT2D eigenvalue weighted by atomic mass is 10.1. The molecule has 0 aliphatic carbocycles. The predicted molar refractivity (Wildman–Crippen MR) is 79.1 cm³/mol. The van der Waals surface area contributed by atoms with Gasteiger partial charge in [-0.05, 0) is 40.9 Å². The Hall–Kier alpha value is -1.47. The minimum Gasteiger partial charge on any atom is -0.481 e. The Labute approximate surface area is 131 Å². The van der Waals surface area contributed by atoms with E-state index in [1.54, 1.807) is 23.1 Å². The maximum absolute atomic E-state index is 12.3. The highest BCUT2D eigenvalue weighted by molar-refractivity contribution is 9.10. The average Bonchev–Trinajstić information content (AvgIpc) is 2.47. The average molecular weight is 357 g/mol. The van der Waals surface area contributed by atoms with Crippen LogP contribution in [0.25, 0.3) is 0 Å². The Balaban J connectivity index is 1.81. The third-order valence-electron chi connectivity index (χ3n) is 3.33. The number of amides is 1. The summed E-state index contributed by atoms with van der Waals surface area (Å²) in [6, 6.07) is 5.26. The Bertz CT molecular complexity index is 515. The number of carbonyl (C=O) groups is 2. The predicted octanol–water partition coefficient (Wildman–Crippen LogP) is 1.94. The second-order valence-electron chi connectivity index (χ2n) is 4.85. The zero-order valence-corrected chi connectivity index (χ0v) is 13.1. The molecule has 7 heteroatoms. The zero-order valence-electron chi connectivity index (χ0n) is 11.5. The van der Waals surface area contributed by atoms with E-state index >= 15 is 0 Å². The molecule has 1 N–H and O–H groups in total. The number of hydrogen-bond acceptors (Lipinski definition) is 4. The SMILES string of the molecule is O=C(O)CCOC1CCN(C(=O)c2cccc(Br)n2)CC1. The lowest BCUT2D eigenvalue weighted by Gasteiger charge is -2.31. The van der Waals surface area contributed by atoms with E-state index in [0.717, 1.165) is 12.8 Å². The number of halogens is 1. The summed E-state index contributed by atoms with van der Waals surface area (Å²) < 4.78 is 6.14. The van der Waals surface area contributed by atoms with E-state index in [9.17, 15) is 9.59 Å². The maximum atomic E-state index is 12.3. The molecule has 1 aliphatic heterocycles. The number of aliphatic carboxylic acids is 1. The van der Waals surface area contributed by atoms with Crippen LogP contribution in [0.3, 0.4) is 0 Å². The first-order valence-corrected chi connectivity index (χ1v) is 7.61. The van der Waals surface area contributed by atoms with Gasteiger partial charge in [0, 0.05) is 13.1 Å². The summed E-state index contributed by atoms with van der Waals surface area (Å²) in [7, 11) is 0. The Morgan fingerprint density at radius 3 is 2.71 bits per heavy atom. The quantitative estimate of drug-likeness (QED) is 0.815. The van der Waals surface area contributed by atoms with Crippen molar-refractivity contribution in [1.29, 1.82) is 0 Å². The second-order valence-corrected chi connectivity index (χ2v) is 5.66. The van der Waals surface area contributed by atoms with E-state index in [1.807, 2.05) is 0 Å². The van der Waals surface area contributed by atoms with Gasteiger partial charge >= 0.3 is 5.97 Å². The highest BCUT2D eigenvalue weighted by atomic mass is 79.9. The molecule has 1 fully saturated rings. The standard InChI is InChI=1S/C14H17BrN2O4/c15-12-3-1-2-11(16-12)14(20)17-7-4-10(5-8-17)21-9-6-13(18)19/h1-3,10H,4-9H2,(H,18,19). The summed E-state index contributed by atoms with van der Waals surface area (Å²) in [5.41, 5.74) is 0.426. The molecule has 1 amide bonds. The van der Waals surface area contributed by atoms with Gasteiger partial charge in [0.25, 0.3) is 5.91 Å². The second kappa shape index (κ2) is 7.51. The van der Waals surface area contributed by atoms with Gasteiger partial charge in [0.1, 0.15) is 10.3 Å². The number of rotatable bonds is 5. The number of carbonyl (C=O) groups excluding carboxylic acids is 1. The Morgan fingerprint density at radius 2 is 2.10 bits per heavy atom. The summed E-state index contributed by atoms with van der Waals surface area (Å²) in [5.74, 6) is -0.941. The van der Waals surface area contributed by atoms with Crippen molar-refractivity contribution in [3.63, 3.8) is 0 Å². The monoisotopic (exact) mass is 356 g/mol. The minimum atomic E-state index is -0.858. The number of pyridine rings is 1. The van der Waals surface area contributed by atoms with Gasteiger partial charge < -0.3 is 14.7 Å². The molecule has 21 heavy (non-hydrogen) atoms. The fraction of sp³-hybridized carbons (Fsp3) is 0.500. The lowest BCUT2D eigenvalue weighted by Crippen LogP contribution is -2.41. The molecule has 114 valence electrons. The third-order valence-corrected chi connectivity index (χ3v) is 3.77. The van der Waals surface area contributed by atoms with E-state index in [-0.39, 0.29) is 25.0 Å². The van der Waals surface area contributed by atoms with Crippen LogP contribution in [0.5, 0.6) is 0 Å². The van der Waals surface area contributed by atoms with Crippen LogP contribution in [0.4, 0.5) is 0 Å². The van der Waals surface area contributed by atoms with Crippen molar-refractivity contribution in [1.82, 2.24) is 9.88 Å². The van der Waals surface area contributed by atoms with Crippen LogP contribution >= 0.6 is 15.9 Å². The smallest absolute Gasteiger partial charge is 0.305 e. The molecule has 0 spiro atoms.